The lowest BCUT2D eigenvalue weighted by Crippen LogP contribution is -2.34. The van der Waals surface area contributed by atoms with Gasteiger partial charge in [0.15, 0.2) is 0 Å². The van der Waals surface area contributed by atoms with Crippen molar-refractivity contribution in [3.8, 4) is 5.75 Å². The second-order valence-electron chi connectivity index (χ2n) is 6.89. The molecule has 2 unspecified atom stereocenters. The van der Waals surface area contributed by atoms with Gasteiger partial charge in [0, 0.05) is 11.1 Å². The van der Waals surface area contributed by atoms with E-state index >= 15 is 0 Å². The third-order valence-corrected chi connectivity index (χ3v) is 5.25. The van der Waals surface area contributed by atoms with Crippen molar-refractivity contribution in [2.75, 3.05) is 16.8 Å². The molecule has 2 aliphatic heterocycles. The van der Waals surface area contributed by atoms with Gasteiger partial charge in [-0.3, -0.25) is 10.2 Å². The van der Waals surface area contributed by atoms with Crippen molar-refractivity contribution < 1.29 is 9.94 Å². The van der Waals surface area contributed by atoms with Crippen LogP contribution < -0.4 is 15.0 Å². The van der Waals surface area contributed by atoms with Gasteiger partial charge < -0.3 is 15.2 Å². The molecule has 0 aliphatic carbocycles. The van der Waals surface area contributed by atoms with Gasteiger partial charge in [-0.05, 0) is 30.3 Å². The number of fused-ring (bicyclic) bond motifs is 3. The normalized spacial score (nSPS) is 20.1. The summed E-state index contributed by atoms with van der Waals surface area (Å²) in [4.78, 5) is 0. The van der Waals surface area contributed by atoms with Crippen molar-refractivity contribution in [1.29, 1.82) is 0 Å². The fourth-order valence-corrected chi connectivity index (χ4v) is 3.98. The van der Waals surface area contributed by atoms with Crippen molar-refractivity contribution in [1.82, 2.24) is 0 Å². The topological polar surface area (TPSA) is 71.4 Å². The molecule has 0 radical (unpaired) electrons. The highest BCUT2D eigenvalue weighted by molar-refractivity contribution is 6.06. The number of rotatable bonds is 3. The first-order chi connectivity index (χ1) is 13.7. The number of nitrogens with zero attached hydrogens (tertiary/aromatic N) is 3. The van der Waals surface area contributed by atoms with Crippen LogP contribution in [-0.4, -0.2) is 17.5 Å². The fraction of sp³-hybridized carbons (Fsp3) is 0.136. The first-order valence-electron chi connectivity index (χ1n) is 9.13. The number of anilines is 2. The quantitative estimate of drug-likeness (QED) is 0.692. The van der Waals surface area contributed by atoms with Crippen molar-refractivity contribution >= 4 is 17.1 Å². The summed E-state index contributed by atoms with van der Waals surface area (Å²) in [5.74, 6) is 0.875. The summed E-state index contributed by atoms with van der Waals surface area (Å²) in [6, 6.07) is 24.9. The van der Waals surface area contributed by atoms with Gasteiger partial charge >= 0.3 is 0 Å². The molecule has 0 aromatic heterocycles. The Morgan fingerprint density at radius 2 is 1.79 bits per heavy atom. The third kappa shape index (κ3) is 2.70. The predicted octanol–water partition coefficient (Wildman–Crippen LogP) is 4.35. The van der Waals surface area contributed by atoms with Gasteiger partial charge in [0.05, 0.1) is 35.7 Å². The van der Waals surface area contributed by atoms with Gasteiger partial charge in [-0.2, -0.15) is 5.10 Å². The molecule has 28 heavy (non-hydrogen) atoms. The minimum absolute atomic E-state index is 0.00323. The zero-order valence-corrected chi connectivity index (χ0v) is 15.0. The zero-order chi connectivity index (χ0) is 19.1. The summed E-state index contributed by atoms with van der Waals surface area (Å²) in [6.45, 7) is 0.494. The Labute approximate surface area is 162 Å². The number of hydrogen-bond donors (Lipinski definition) is 1. The molecule has 0 spiro atoms. The van der Waals surface area contributed by atoms with E-state index in [9.17, 15) is 10.4 Å². The van der Waals surface area contributed by atoms with Crippen molar-refractivity contribution in [3.05, 3.63) is 95.2 Å². The highest BCUT2D eigenvalue weighted by Crippen LogP contribution is 2.46. The van der Waals surface area contributed by atoms with Gasteiger partial charge in [-0.25, -0.2) is 0 Å². The number of hydrogen-bond acceptors (Lipinski definition) is 6. The molecule has 1 N–H and O–H groups in total. The molecular weight excluding hydrogens is 354 g/mol. The maximum atomic E-state index is 11.3. The van der Waals surface area contributed by atoms with E-state index in [-0.39, 0.29) is 22.9 Å². The van der Waals surface area contributed by atoms with Crippen LogP contribution in [0, 0.1) is 11.1 Å². The number of para-hydroxylation sites is 2. The molecule has 6 heteroatoms. The molecular formula is C22H18N3O3-. The van der Waals surface area contributed by atoms with Crippen LogP contribution in [0.3, 0.4) is 0 Å². The van der Waals surface area contributed by atoms with E-state index in [1.807, 2.05) is 59.6 Å². The summed E-state index contributed by atoms with van der Waals surface area (Å²) in [6.07, 6.45) is 0. The smallest absolute Gasteiger partial charge is 0.124 e. The van der Waals surface area contributed by atoms with Gasteiger partial charge in [-0.1, -0.05) is 48.5 Å². The largest absolute Gasteiger partial charge is 0.733 e. The molecule has 6 nitrogen and oxygen atoms in total. The number of hydrazone groups is 1. The zero-order valence-electron chi connectivity index (χ0n) is 15.0. The summed E-state index contributed by atoms with van der Waals surface area (Å²) in [5.41, 5.74) is 3.89. The molecule has 0 saturated carbocycles. The number of ether oxygens (including phenoxy) is 1. The lowest BCUT2D eigenvalue weighted by molar-refractivity contribution is 0.239. The van der Waals surface area contributed by atoms with E-state index in [2.05, 4.69) is 6.07 Å². The minimum Gasteiger partial charge on any atom is -0.733 e. The van der Waals surface area contributed by atoms with E-state index in [0.29, 0.717) is 6.61 Å². The Balaban J connectivity index is 1.64. The van der Waals surface area contributed by atoms with Crippen LogP contribution >= 0.6 is 0 Å². The molecule has 0 saturated heterocycles. The van der Waals surface area contributed by atoms with Crippen LogP contribution in [0.5, 0.6) is 5.75 Å². The first kappa shape index (κ1) is 16.8. The standard InChI is InChI=1S/C22H18N3O3/c26-25(27)17-10-6-7-15(13-17)21-19-14-28-20-12-5-4-11-18(20)22(19)24(23-21)16-8-2-1-3-9-16/h1-13,19,22,26H,14H2/q-1. The third-order valence-electron chi connectivity index (χ3n) is 5.25. The van der Waals surface area contributed by atoms with Gasteiger partial charge in [-0.15, -0.1) is 0 Å². The summed E-state index contributed by atoms with van der Waals surface area (Å²) < 4.78 is 6.02. The summed E-state index contributed by atoms with van der Waals surface area (Å²) in [5, 5.41) is 27.5. The van der Waals surface area contributed by atoms with Crippen LogP contribution in [-0.2, 0) is 0 Å². The average molecular weight is 372 g/mol. The molecule has 2 aliphatic rings. The molecule has 0 amide bonds. The van der Waals surface area contributed by atoms with Crippen molar-refractivity contribution in [3.63, 3.8) is 0 Å². The lowest BCUT2D eigenvalue weighted by Gasteiger charge is -2.33. The molecule has 3 aromatic rings. The minimum atomic E-state index is -0.127. The molecule has 140 valence electrons. The maximum Gasteiger partial charge on any atom is 0.124 e. The molecule has 2 atom stereocenters. The second kappa shape index (κ2) is 6.67. The van der Waals surface area contributed by atoms with E-state index in [0.717, 1.165) is 28.3 Å². The van der Waals surface area contributed by atoms with Crippen LogP contribution in [0.1, 0.15) is 17.2 Å². The Bertz CT molecular complexity index is 1040. The maximum absolute atomic E-state index is 11.3. The Morgan fingerprint density at radius 3 is 2.61 bits per heavy atom. The highest BCUT2D eigenvalue weighted by atomic mass is 16.8. The van der Waals surface area contributed by atoms with Gasteiger partial charge in [0.1, 0.15) is 5.75 Å². The van der Waals surface area contributed by atoms with Crippen LogP contribution in [0.15, 0.2) is 84.0 Å². The van der Waals surface area contributed by atoms with E-state index < -0.39 is 0 Å². The Morgan fingerprint density at radius 1 is 1.00 bits per heavy atom. The van der Waals surface area contributed by atoms with Crippen LogP contribution in [0.25, 0.3) is 0 Å². The number of benzene rings is 3. The summed E-state index contributed by atoms with van der Waals surface area (Å²) in [7, 11) is 0. The van der Waals surface area contributed by atoms with E-state index in [4.69, 9.17) is 9.84 Å². The molecule has 0 bridgehead atoms. The van der Waals surface area contributed by atoms with Crippen molar-refractivity contribution in [2.45, 2.75) is 6.04 Å². The van der Waals surface area contributed by atoms with Crippen molar-refractivity contribution in [2.24, 2.45) is 11.0 Å². The monoisotopic (exact) mass is 372 g/mol. The summed E-state index contributed by atoms with van der Waals surface area (Å²) >= 11 is 0. The van der Waals surface area contributed by atoms with Gasteiger partial charge in [0.25, 0.3) is 0 Å². The first-order valence-corrected chi connectivity index (χ1v) is 9.13. The van der Waals surface area contributed by atoms with E-state index in [1.165, 1.54) is 0 Å². The van der Waals surface area contributed by atoms with Crippen LogP contribution in [0.2, 0.25) is 0 Å². The average Bonchev–Trinajstić information content (AvgIpc) is 3.15. The van der Waals surface area contributed by atoms with Crippen LogP contribution in [0.4, 0.5) is 11.4 Å². The Hall–Kier alpha value is -3.35. The highest BCUT2D eigenvalue weighted by Gasteiger charge is 2.44. The fourth-order valence-electron chi connectivity index (χ4n) is 3.98. The predicted molar refractivity (Wildman–Crippen MR) is 108 cm³/mol. The van der Waals surface area contributed by atoms with Gasteiger partial charge in [0.2, 0.25) is 0 Å². The molecule has 3 aromatic carbocycles. The lowest BCUT2D eigenvalue weighted by atomic mass is 9.85. The molecule has 2 heterocycles. The molecule has 5 rings (SSSR count). The second-order valence-corrected chi connectivity index (χ2v) is 6.89. The SMILES string of the molecule is [O-]N(O)c1cccc(C2=NN(c3ccccc3)C3c4ccccc4OCC23)c1. The van der Waals surface area contributed by atoms with E-state index in [1.54, 1.807) is 18.2 Å². The molecule has 0 fully saturated rings. The Kier molecular flexibility index (Phi) is 4.00.